The van der Waals surface area contributed by atoms with Gasteiger partial charge in [-0.15, -0.1) is 11.8 Å². The van der Waals surface area contributed by atoms with Crippen molar-refractivity contribution in [1.29, 1.82) is 0 Å². The molecule has 4 rings (SSSR count). The molecule has 8 nitrogen and oxygen atoms in total. The van der Waals surface area contributed by atoms with Crippen LogP contribution in [0.3, 0.4) is 0 Å². The Kier molecular flexibility index (Phi) is 5.90. The van der Waals surface area contributed by atoms with E-state index in [1.165, 1.54) is 6.20 Å². The van der Waals surface area contributed by atoms with E-state index in [0.717, 1.165) is 25.2 Å². The molecular formula is C21H28N4O4S. The first kappa shape index (κ1) is 21.0. The fraction of sp³-hybridized carbons (Fsp3) is 0.619. The molecule has 2 atom stereocenters. The van der Waals surface area contributed by atoms with Crippen LogP contribution in [0.15, 0.2) is 18.3 Å². The van der Waals surface area contributed by atoms with Gasteiger partial charge in [-0.05, 0) is 38.8 Å². The maximum Gasteiger partial charge on any atom is 0.339 e. The lowest BCUT2D eigenvalue weighted by atomic mass is 10.2. The van der Waals surface area contributed by atoms with Crippen LogP contribution in [0.1, 0.15) is 43.5 Å². The second-order valence-corrected chi connectivity index (χ2v) is 9.56. The third-order valence-electron chi connectivity index (χ3n) is 6.12. The SMILES string of the molecule is CCOC(=O)c1ccc(N2CCCN(C(=O)C3CSC4(C)CCC(=O)N34)CC2)nc1. The van der Waals surface area contributed by atoms with Crippen LogP contribution >= 0.6 is 11.8 Å². The fourth-order valence-electron chi connectivity index (χ4n) is 4.49. The molecule has 1 aromatic heterocycles. The predicted molar refractivity (Wildman–Crippen MR) is 114 cm³/mol. The lowest BCUT2D eigenvalue weighted by Gasteiger charge is -2.32. The number of nitrogens with zero attached hydrogens (tertiary/aromatic N) is 4. The first-order valence-corrected chi connectivity index (χ1v) is 11.5. The van der Waals surface area contributed by atoms with Gasteiger partial charge in [0.15, 0.2) is 0 Å². The number of amides is 2. The number of anilines is 1. The maximum absolute atomic E-state index is 13.2. The molecule has 30 heavy (non-hydrogen) atoms. The van der Waals surface area contributed by atoms with Crippen molar-refractivity contribution in [1.82, 2.24) is 14.8 Å². The number of fused-ring (bicyclic) bond motifs is 1. The molecule has 3 aliphatic rings. The lowest BCUT2D eigenvalue weighted by Crippen LogP contribution is -2.52. The van der Waals surface area contributed by atoms with Crippen LogP contribution in [0.2, 0.25) is 0 Å². The largest absolute Gasteiger partial charge is 0.462 e. The highest BCUT2D eigenvalue weighted by Crippen LogP contribution is 2.47. The number of carbonyl (C=O) groups excluding carboxylic acids is 3. The van der Waals surface area contributed by atoms with E-state index < -0.39 is 0 Å². The van der Waals surface area contributed by atoms with Crippen LogP contribution in [-0.4, -0.2) is 82.0 Å². The summed E-state index contributed by atoms with van der Waals surface area (Å²) >= 11 is 1.73. The van der Waals surface area contributed by atoms with Gasteiger partial charge in [-0.1, -0.05) is 0 Å². The molecule has 3 saturated heterocycles. The van der Waals surface area contributed by atoms with Crippen LogP contribution in [-0.2, 0) is 14.3 Å². The predicted octanol–water partition coefficient (Wildman–Crippen LogP) is 1.75. The highest BCUT2D eigenvalue weighted by molar-refractivity contribution is 8.01. The Balaban J connectivity index is 1.39. The number of pyridine rings is 1. The van der Waals surface area contributed by atoms with E-state index in [1.54, 1.807) is 24.8 Å². The molecule has 3 fully saturated rings. The molecule has 1 aromatic rings. The Bertz CT molecular complexity index is 833. The highest BCUT2D eigenvalue weighted by atomic mass is 32.2. The van der Waals surface area contributed by atoms with Gasteiger partial charge in [0.2, 0.25) is 11.8 Å². The Morgan fingerprint density at radius 3 is 2.83 bits per heavy atom. The summed E-state index contributed by atoms with van der Waals surface area (Å²) in [5.74, 6) is 1.26. The topological polar surface area (TPSA) is 83.0 Å². The summed E-state index contributed by atoms with van der Waals surface area (Å²) in [7, 11) is 0. The van der Waals surface area contributed by atoms with Crippen LogP contribution < -0.4 is 4.90 Å². The molecule has 3 aliphatic heterocycles. The van der Waals surface area contributed by atoms with E-state index in [2.05, 4.69) is 16.8 Å². The number of hydrogen-bond acceptors (Lipinski definition) is 7. The summed E-state index contributed by atoms with van der Waals surface area (Å²) in [6, 6.07) is 3.21. The highest BCUT2D eigenvalue weighted by Gasteiger charge is 2.53. The van der Waals surface area contributed by atoms with Gasteiger partial charge in [0.1, 0.15) is 11.9 Å². The number of thioether (sulfide) groups is 1. The van der Waals surface area contributed by atoms with Gasteiger partial charge in [0, 0.05) is 44.5 Å². The number of hydrogen-bond donors (Lipinski definition) is 0. The molecule has 0 radical (unpaired) electrons. The van der Waals surface area contributed by atoms with Crippen molar-refractivity contribution in [2.45, 2.75) is 44.0 Å². The Morgan fingerprint density at radius 1 is 1.27 bits per heavy atom. The maximum atomic E-state index is 13.2. The number of esters is 1. The zero-order valence-electron chi connectivity index (χ0n) is 17.5. The average Bonchev–Trinajstić information content (AvgIpc) is 3.11. The summed E-state index contributed by atoms with van der Waals surface area (Å²) in [5, 5.41) is 0. The molecule has 4 heterocycles. The molecule has 2 unspecified atom stereocenters. The molecule has 0 bridgehead atoms. The van der Waals surface area contributed by atoms with Crippen molar-refractivity contribution in [3.05, 3.63) is 23.9 Å². The van der Waals surface area contributed by atoms with Crippen LogP contribution in [0.25, 0.3) is 0 Å². The van der Waals surface area contributed by atoms with Crippen molar-refractivity contribution in [3.63, 3.8) is 0 Å². The van der Waals surface area contributed by atoms with E-state index in [1.807, 2.05) is 15.9 Å². The minimum Gasteiger partial charge on any atom is -0.462 e. The second-order valence-electron chi connectivity index (χ2n) is 8.06. The van der Waals surface area contributed by atoms with Crippen molar-refractivity contribution >= 4 is 35.4 Å². The Labute approximate surface area is 180 Å². The van der Waals surface area contributed by atoms with E-state index in [-0.39, 0.29) is 28.7 Å². The van der Waals surface area contributed by atoms with Gasteiger partial charge >= 0.3 is 5.97 Å². The number of carbonyl (C=O) groups is 3. The van der Waals surface area contributed by atoms with Gasteiger partial charge in [0.05, 0.1) is 17.0 Å². The van der Waals surface area contributed by atoms with Gasteiger partial charge < -0.3 is 19.4 Å². The third-order valence-corrected chi connectivity index (χ3v) is 7.63. The summed E-state index contributed by atoms with van der Waals surface area (Å²) in [6.45, 7) is 6.91. The molecule has 162 valence electrons. The van der Waals surface area contributed by atoms with Crippen molar-refractivity contribution in [2.24, 2.45) is 0 Å². The molecular weight excluding hydrogens is 404 g/mol. The number of aromatic nitrogens is 1. The van der Waals surface area contributed by atoms with E-state index >= 15 is 0 Å². The van der Waals surface area contributed by atoms with E-state index in [4.69, 9.17) is 4.74 Å². The average molecular weight is 433 g/mol. The van der Waals surface area contributed by atoms with Crippen LogP contribution in [0.4, 0.5) is 5.82 Å². The minimum atomic E-state index is -0.373. The van der Waals surface area contributed by atoms with Crippen LogP contribution in [0.5, 0.6) is 0 Å². The van der Waals surface area contributed by atoms with E-state index in [9.17, 15) is 14.4 Å². The van der Waals surface area contributed by atoms with Gasteiger partial charge in [-0.3, -0.25) is 9.59 Å². The summed E-state index contributed by atoms with van der Waals surface area (Å²) < 4.78 is 5.00. The molecule has 0 saturated carbocycles. The van der Waals surface area contributed by atoms with E-state index in [0.29, 0.717) is 44.0 Å². The van der Waals surface area contributed by atoms with Gasteiger partial charge in [-0.25, -0.2) is 9.78 Å². The molecule has 0 aliphatic carbocycles. The molecule has 0 N–H and O–H groups in total. The summed E-state index contributed by atoms with van der Waals surface area (Å²) in [4.78, 5) is 47.5. The quantitative estimate of drug-likeness (QED) is 0.671. The minimum absolute atomic E-state index is 0.0638. The molecule has 2 amide bonds. The summed E-state index contributed by atoms with van der Waals surface area (Å²) in [5.41, 5.74) is 0.435. The normalized spacial score (nSPS) is 26.5. The Morgan fingerprint density at radius 2 is 2.10 bits per heavy atom. The molecule has 9 heteroatoms. The van der Waals surface area contributed by atoms with Crippen LogP contribution in [0, 0.1) is 0 Å². The lowest BCUT2D eigenvalue weighted by molar-refractivity contribution is -0.143. The third kappa shape index (κ3) is 3.87. The van der Waals surface area contributed by atoms with Crippen molar-refractivity contribution < 1.29 is 19.1 Å². The van der Waals surface area contributed by atoms with Crippen molar-refractivity contribution in [3.8, 4) is 0 Å². The first-order valence-electron chi connectivity index (χ1n) is 10.6. The zero-order valence-corrected chi connectivity index (χ0v) is 18.3. The monoisotopic (exact) mass is 432 g/mol. The smallest absolute Gasteiger partial charge is 0.339 e. The molecule has 0 spiro atoms. The number of rotatable bonds is 4. The standard InChI is InChI=1S/C21H28N4O4S/c1-3-29-20(28)15-5-6-17(22-13-15)23-9-4-10-24(12-11-23)19(27)16-14-30-21(2)8-7-18(26)25(16)21/h5-6,13,16H,3-4,7-12,14H2,1-2H3. The zero-order chi connectivity index (χ0) is 21.3. The number of ether oxygens (including phenoxy) is 1. The van der Waals surface area contributed by atoms with Gasteiger partial charge in [-0.2, -0.15) is 0 Å². The first-order chi connectivity index (χ1) is 14.4. The van der Waals surface area contributed by atoms with Crippen molar-refractivity contribution in [2.75, 3.05) is 43.4 Å². The van der Waals surface area contributed by atoms with Gasteiger partial charge in [0.25, 0.3) is 0 Å². The molecule has 0 aromatic carbocycles. The Hall–Kier alpha value is -2.29. The fourth-order valence-corrected chi connectivity index (χ4v) is 5.91. The second kappa shape index (κ2) is 8.45. The summed E-state index contributed by atoms with van der Waals surface area (Å²) in [6.07, 6.45) is 3.73.